The molecule has 0 aromatic heterocycles. The monoisotopic (exact) mass is 337 g/mol. The topological polar surface area (TPSA) is 81.5 Å². The third-order valence-electron chi connectivity index (χ3n) is 3.12. The summed E-state index contributed by atoms with van der Waals surface area (Å²) >= 11 is 6.17. The van der Waals surface area contributed by atoms with Gasteiger partial charge in [0.05, 0.1) is 5.92 Å². The van der Waals surface area contributed by atoms with Gasteiger partial charge in [-0.15, -0.1) is 12.4 Å². The van der Waals surface area contributed by atoms with E-state index < -0.39 is 5.92 Å². The van der Waals surface area contributed by atoms with Gasteiger partial charge in [0, 0.05) is 5.02 Å². The SMILES string of the molecule is Cl.NC(N)=NC(=O)[C@@H](Cc1ccccc1Cl)c1ccccc1. The summed E-state index contributed by atoms with van der Waals surface area (Å²) in [6.07, 6.45) is 0.444. The van der Waals surface area contributed by atoms with E-state index in [0.29, 0.717) is 11.4 Å². The number of nitrogens with two attached hydrogens (primary N) is 2. The van der Waals surface area contributed by atoms with Crippen molar-refractivity contribution in [2.24, 2.45) is 16.5 Å². The van der Waals surface area contributed by atoms with Crippen LogP contribution in [0.1, 0.15) is 17.0 Å². The fourth-order valence-electron chi connectivity index (χ4n) is 2.12. The number of carbonyl (C=O) groups excluding carboxylic acids is 1. The Bertz CT molecular complexity index is 655. The van der Waals surface area contributed by atoms with Crippen LogP contribution in [0.15, 0.2) is 59.6 Å². The third kappa shape index (κ3) is 4.76. The lowest BCUT2D eigenvalue weighted by Crippen LogP contribution is -2.26. The average molecular weight is 338 g/mol. The highest BCUT2D eigenvalue weighted by Crippen LogP contribution is 2.26. The van der Waals surface area contributed by atoms with Crippen LogP contribution >= 0.6 is 24.0 Å². The van der Waals surface area contributed by atoms with Gasteiger partial charge in [0.15, 0.2) is 5.96 Å². The van der Waals surface area contributed by atoms with Crippen LogP contribution in [-0.4, -0.2) is 11.9 Å². The highest BCUT2D eigenvalue weighted by molar-refractivity contribution is 6.31. The minimum Gasteiger partial charge on any atom is -0.370 e. The van der Waals surface area contributed by atoms with Gasteiger partial charge in [0.25, 0.3) is 5.91 Å². The fourth-order valence-corrected chi connectivity index (χ4v) is 2.33. The largest absolute Gasteiger partial charge is 0.370 e. The summed E-state index contributed by atoms with van der Waals surface area (Å²) in [5.41, 5.74) is 12.4. The molecule has 4 nitrogen and oxygen atoms in total. The van der Waals surface area contributed by atoms with E-state index in [1.54, 1.807) is 6.07 Å². The van der Waals surface area contributed by atoms with Crippen LogP contribution in [0.2, 0.25) is 5.02 Å². The molecule has 0 aliphatic heterocycles. The second-order valence-electron chi connectivity index (χ2n) is 4.63. The zero-order valence-electron chi connectivity index (χ0n) is 11.8. The van der Waals surface area contributed by atoms with Crippen molar-refractivity contribution in [2.45, 2.75) is 12.3 Å². The van der Waals surface area contributed by atoms with Crippen molar-refractivity contribution < 1.29 is 4.79 Å². The first-order valence-electron chi connectivity index (χ1n) is 6.49. The van der Waals surface area contributed by atoms with Gasteiger partial charge in [-0.05, 0) is 23.6 Å². The van der Waals surface area contributed by atoms with Gasteiger partial charge < -0.3 is 11.5 Å². The van der Waals surface area contributed by atoms with E-state index in [2.05, 4.69) is 4.99 Å². The molecule has 0 aliphatic rings. The summed E-state index contributed by atoms with van der Waals surface area (Å²) in [7, 11) is 0. The third-order valence-corrected chi connectivity index (χ3v) is 3.49. The Kier molecular flexibility index (Phi) is 6.89. The van der Waals surface area contributed by atoms with Crippen molar-refractivity contribution >= 4 is 35.9 Å². The van der Waals surface area contributed by atoms with Gasteiger partial charge in [-0.25, -0.2) is 0 Å². The molecule has 2 rings (SSSR count). The van der Waals surface area contributed by atoms with Crippen molar-refractivity contribution in [3.63, 3.8) is 0 Å². The lowest BCUT2D eigenvalue weighted by atomic mass is 9.91. The van der Waals surface area contributed by atoms with Gasteiger partial charge >= 0.3 is 0 Å². The molecule has 1 atom stereocenters. The molecule has 116 valence electrons. The summed E-state index contributed by atoms with van der Waals surface area (Å²) in [6, 6.07) is 16.8. The van der Waals surface area contributed by atoms with Crippen LogP contribution in [0.3, 0.4) is 0 Å². The van der Waals surface area contributed by atoms with Crippen LogP contribution in [0.5, 0.6) is 0 Å². The lowest BCUT2D eigenvalue weighted by Gasteiger charge is -2.15. The smallest absolute Gasteiger partial charge is 0.256 e. The van der Waals surface area contributed by atoms with Gasteiger partial charge in [-0.2, -0.15) is 4.99 Å². The Balaban J connectivity index is 0.00000242. The maximum Gasteiger partial charge on any atom is 0.256 e. The Morgan fingerprint density at radius 2 is 1.64 bits per heavy atom. The summed E-state index contributed by atoms with van der Waals surface area (Å²) < 4.78 is 0. The predicted molar refractivity (Wildman–Crippen MR) is 92.4 cm³/mol. The second-order valence-corrected chi connectivity index (χ2v) is 5.04. The van der Waals surface area contributed by atoms with E-state index in [1.165, 1.54) is 0 Å². The average Bonchev–Trinajstić information content (AvgIpc) is 2.46. The van der Waals surface area contributed by atoms with Crippen molar-refractivity contribution in [2.75, 3.05) is 0 Å². The maximum atomic E-state index is 12.3. The molecule has 4 N–H and O–H groups in total. The van der Waals surface area contributed by atoms with Crippen molar-refractivity contribution in [3.05, 3.63) is 70.7 Å². The Morgan fingerprint density at radius 3 is 2.23 bits per heavy atom. The lowest BCUT2D eigenvalue weighted by molar-refractivity contribution is -0.119. The van der Waals surface area contributed by atoms with E-state index >= 15 is 0 Å². The summed E-state index contributed by atoms with van der Waals surface area (Å²) in [6.45, 7) is 0. The summed E-state index contributed by atoms with van der Waals surface area (Å²) in [5, 5.41) is 0.621. The standard InChI is InChI=1S/C16H16ClN3O.ClH/c17-14-9-5-4-8-12(14)10-13(15(21)20-16(18)19)11-6-2-1-3-7-11;/h1-9,13H,10H2,(H4,18,19,20,21);1H/t13-;/m0./s1. The number of guanidine groups is 1. The molecule has 0 saturated heterocycles. The minimum absolute atomic E-state index is 0. The number of aliphatic imine (C=N–C) groups is 1. The Hall–Kier alpha value is -2.04. The number of hydrogen-bond donors (Lipinski definition) is 2. The maximum absolute atomic E-state index is 12.3. The molecule has 0 spiro atoms. The molecule has 0 fully saturated rings. The van der Waals surface area contributed by atoms with Gasteiger partial charge in [0.2, 0.25) is 0 Å². The minimum atomic E-state index is -0.465. The van der Waals surface area contributed by atoms with E-state index in [9.17, 15) is 4.79 Å². The zero-order chi connectivity index (χ0) is 15.2. The van der Waals surface area contributed by atoms with Crippen LogP contribution < -0.4 is 11.5 Å². The van der Waals surface area contributed by atoms with Crippen molar-refractivity contribution in [1.29, 1.82) is 0 Å². The molecule has 6 heteroatoms. The summed E-state index contributed by atoms with van der Waals surface area (Å²) in [5.74, 6) is -1.07. The molecule has 2 aromatic rings. The van der Waals surface area contributed by atoms with E-state index in [-0.39, 0.29) is 24.3 Å². The Labute approximate surface area is 140 Å². The molecule has 0 bridgehead atoms. The molecule has 0 saturated carbocycles. The molecule has 2 aromatic carbocycles. The fraction of sp³-hybridized carbons (Fsp3) is 0.125. The highest BCUT2D eigenvalue weighted by atomic mass is 35.5. The first kappa shape index (κ1) is 18.0. The number of carbonyl (C=O) groups is 1. The second kappa shape index (κ2) is 8.41. The van der Waals surface area contributed by atoms with Crippen LogP contribution in [0.25, 0.3) is 0 Å². The number of benzene rings is 2. The van der Waals surface area contributed by atoms with Crippen LogP contribution in [0, 0.1) is 0 Å². The molecular formula is C16H17Cl2N3O. The number of nitrogens with zero attached hydrogens (tertiary/aromatic N) is 1. The zero-order valence-corrected chi connectivity index (χ0v) is 13.3. The van der Waals surface area contributed by atoms with Gasteiger partial charge in [-0.1, -0.05) is 60.1 Å². The number of halogens is 2. The molecule has 0 aliphatic carbocycles. The van der Waals surface area contributed by atoms with Gasteiger partial charge in [-0.3, -0.25) is 4.79 Å². The quantitative estimate of drug-likeness (QED) is 0.664. The first-order chi connectivity index (χ1) is 10.1. The number of amides is 1. The molecule has 0 unspecified atom stereocenters. The van der Waals surface area contributed by atoms with Gasteiger partial charge in [0.1, 0.15) is 0 Å². The normalized spacial score (nSPS) is 11.1. The molecule has 22 heavy (non-hydrogen) atoms. The van der Waals surface area contributed by atoms with Crippen LogP contribution in [-0.2, 0) is 11.2 Å². The van der Waals surface area contributed by atoms with Crippen molar-refractivity contribution in [3.8, 4) is 0 Å². The summed E-state index contributed by atoms with van der Waals surface area (Å²) in [4.78, 5) is 15.9. The molecular weight excluding hydrogens is 321 g/mol. The van der Waals surface area contributed by atoms with E-state index in [1.807, 2.05) is 48.5 Å². The molecule has 1 amide bonds. The van der Waals surface area contributed by atoms with Crippen molar-refractivity contribution in [1.82, 2.24) is 0 Å². The number of rotatable bonds is 4. The molecule has 0 radical (unpaired) electrons. The first-order valence-corrected chi connectivity index (χ1v) is 6.87. The van der Waals surface area contributed by atoms with Crippen LogP contribution in [0.4, 0.5) is 0 Å². The highest BCUT2D eigenvalue weighted by Gasteiger charge is 2.21. The van der Waals surface area contributed by atoms with E-state index in [0.717, 1.165) is 11.1 Å². The Morgan fingerprint density at radius 1 is 1.05 bits per heavy atom. The molecule has 0 heterocycles. The number of hydrogen-bond acceptors (Lipinski definition) is 1. The predicted octanol–water partition coefficient (Wildman–Crippen LogP) is 2.89. The van der Waals surface area contributed by atoms with E-state index in [4.69, 9.17) is 23.1 Å².